The first-order valence-electron chi connectivity index (χ1n) is 16.9. The number of fused-ring (bicyclic) bond motifs is 1. The minimum absolute atomic E-state index is 0.584. The maximum atomic E-state index is 5.00. The molecular formula is C43H36N6S. The van der Waals surface area contributed by atoms with Crippen molar-refractivity contribution in [1.82, 2.24) is 29.3 Å². The maximum absolute atomic E-state index is 5.00. The van der Waals surface area contributed by atoms with Crippen LogP contribution in [-0.2, 0) is 24.3 Å². The van der Waals surface area contributed by atoms with Gasteiger partial charge in [0.25, 0.3) is 0 Å². The monoisotopic (exact) mass is 668 g/mol. The first kappa shape index (κ1) is 31.5. The Morgan fingerprint density at radius 2 is 1.20 bits per heavy atom. The summed E-state index contributed by atoms with van der Waals surface area (Å²) in [6, 6.07) is 55.0. The molecule has 0 aliphatic carbocycles. The highest BCUT2D eigenvalue weighted by molar-refractivity contribution is 7.98. The number of hydrogen-bond donors (Lipinski definition) is 0. The second-order valence-electron chi connectivity index (χ2n) is 12.3. The predicted octanol–water partition coefficient (Wildman–Crippen LogP) is 9.46. The average molecular weight is 669 g/mol. The molecule has 8 aromatic rings. The highest BCUT2D eigenvalue weighted by Crippen LogP contribution is 2.41. The number of benzene rings is 5. The van der Waals surface area contributed by atoms with Crippen LogP contribution >= 0.6 is 11.8 Å². The average Bonchev–Trinajstić information content (AvgIpc) is 3.83. The van der Waals surface area contributed by atoms with Crippen molar-refractivity contribution in [2.24, 2.45) is 0 Å². The molecule has 0 N–H and O–H groups in total. The summed E-state index contributed by atoms with van der Waals surface area (Å²) in [5.41, 5.74) is 7.01. The second-order valence-corrected chi connectivity index (χ2v) is 13.2. The quantitative estimate of drug-likeness (QED) is 0.0959. The van der Waals surface area contributed by atoms with Gasteiger partial charge < -0.3 is 9.13 Å². The van der Waals surface area contributed by atoms with Crippen LogP contribution in [0.4, 0.5) is 0 Å². The first-order chi connectivity index (χ1) is 24.8. The number of thioether (sulfide) groups is 1. The van der Waals surface area contributed by atoms with E-state index in [2.05, 4.69) is 153 Å². The van der Waals surface area contributed by atoms with Crippen LogP contribution in [0.1, 0.15) is 34.4 Å². The lowest BCUT2D eigenvalue weighted by atomic mass is 9.77. The SMILES string of the molecule is c1ccc(CSc2nnc(-c3ccc4ccccc4n3)n2CCCc2cn(C(c3ccccc3)(c3ccccc3)c3ccccc3)cn2)cc1. The largest absolute Gasteiger partial charge is 0.319 e. The molecular weight excluding hydrogens is 633 g/mol. The van der Waals surface area contributed by atoms with E-state index in [4.69, 9.17) is 9.97 Å². The Balaban J connectivity index is 1.11. The Morgan fingerprint density at radius 1 is 0.600 bits per heavy atom. The third-order valence-electron chi connectivity index (χ3n) is 9.17. The van der Waals surface area contributed by atoms with E-state index in [0.29, 0.717) is 0 Å². The molecule has 50 heavy (non-hydrogen) atoms. The Kier molecular flexibility index (Phi) is 9.04. The molecule has 0 radical (unpaired) electrons. The van der Waals surface area contributed by atoms with E-state index in [9.17, 15) is 0 Å². The summed E-state index contributed by atoms with van der Waals surface area (Å²) in [4.78, 5) is 9.97. The van der Waals surface area contributed by atoms with Gasteiger partial charge in [0, 0.05) is 23.9 Å². The Bertz CT molecular complexity index is 2200. The number of pyridine rings is 1. The zero-order valence-electron chi connectivity index (χ0n) is 27.6. The standard InChI is InChI=1S/C43H36N6S/c1-5-16-33(17-6-1)31-50-42-47-46-41(40-28-27-34-18-13-14-26-39(34)45-40)49(42)29-15-25-38-30-48(32-44-38)43(35-19-7-2-8-20-35,36-21-9-3-10-22-36)37-23-11-4-12-24-37/h1-14,16-24,26-28,30,32H,15,25,29,31H2. The minimum atomic E-state index is -0.584. The van der Waals surface area contributed by atoms with Crippen molar-refractivity contribution in [3.63, 3.8) is 0 Å². The van der Waals surface area contributed by atoms with Crippen LogP contribution in [0.15, 0.2) is 175 Å². The van der Waals surface area contributed by atoms with Crippen LogP contribution in [-0.4, -0.2) is 29.3 Å². The Labute approximate surface area is 296 Å². The van der Waals surface area contributed by atoms with E-state index < -0.39 is 5.54 Å². The van der Waals surface area contributed by atoms with Gasteiger partial charge in [-0.15, -0.1) is 10.2 Å². The van der Waals surface area contributed by atoms with E-state index in [1.165, 1.54) is 22.3 Å². The van der Waals surface area contributed by atoms with E-state index in [-0.39, 0.29) is 0 Å². The molecule has 3 heterocycles. The lowest BCUT2D eigenvalue weighted by Gasteiger charge is -2.37. The van der Waals surface area contributed by atoms with Crippen molar-refractivity contribution in [3.05, 3.63) is 198 Å². The fourth-order valence-electron chi connectivity index (χ4n) is 6.78. The molecule has 8 rings (SSSR count). The fraction of sp³-hybridized carbons (Fsp3) is 0.116. The zero-order chi connectivity index (χ0) is 33.6. The lowest BCUT2D eigenvalue weighted by molar-refractivity contribution is 0.513. The molecule has 5 aromatic carbocycles. The van der Waals surface area contributed by atoms with Crippen molar-refractivity contribution in [2.75, 3.05) is 0 Å². The molecule has 0 aliphatic heterocycles. The molecule has 0 spiro atoms. The van der Waals surface area contributed by atoms with Crippen LogP contribution < -0.4 is 0 Å². The predicted molar refractivity (Wildman–Crippen MR) is 202 cm³/mol. The first-order valence-corrected chi connectivity index (χ1v) is 17.9. The third-order valence-corrected chi connectivity index (χ3v) is 10.2. The van der Waals surface area contributed by atoms with Crippen molar-refractivity contribution >= 4 is 22.7 Å². The van der Waals surface area contributed by atoms with Crippen LogP contribution in [0.2, 0.25) is 0 Å². The smallest absolute Gasteiger partial charge is 0.191 e. The normalized spacial score (nSPS) is 11.6. The molecule has 0 saturated heterocycles. The van der Waals surface area contributed by atoms with Gasteiger partial charge in [0.2, 0.25) is 0 Å². The highest BCUT2D eigenvalue weighted by atomic mass is 32.2. The summed E-state index contributed by atoms with van der Waals surface area (Å²) in [6.45, 7) is 0.738. The second kappa shape index (κ2) is 14.4. The van der Waals surface area contributed by atoms with E-state index in [1.807, 2.05) is 36.7 Å². The Hall–Kier alpha value is -5.79. The summed E-state index contributed by atoms with van der Waals surface area (Å²) >= 11 is 1.71. The lowest BCUT2D eigenvalue weighted by Crippen LogP contribution is -2.36. The number of hydrogen-bond acceptors (Lipinski definition) is 5. The third kappa shape index (κ3) is 6.24. The van der Waals surface area contributed by atoms with Crippen LogP contribution in [0.25, 0.3) is 22.4 Å². The van der Waals surface area contributed by atoms with Crippen molar-refractivity contribution in [3.8, 4) is 11.5 Å². The Morgan fingerprint density at radius 3 is 1.86 bits per heavy atom. The van der Waals surface area contributed by atoms with Crippen LogP contribution in [0, 0.1) is 0 Å². The van der Waals surface area contributed by atoms with E-state index >= 15 is 0 Å². The van der Waals surface area contributed by atoms with Crippen LogP contribution in [0.3, 0.4) is 0 Å². The molecule has 0 bridgehead atoms. The van der Waals surface area contributed by atoms with Gasteiger partial charge in [-0.05, 0) is 47.2 Å². The number of nitrogens with zero attached hydrogens (tertiary/aromatic N) is 6. The molecule has 6 nitrogen and oxygen atoms in total. The molecule has 0 saturated carbocycles. The maximum Gasteiger partial charge on any atom is 0.191 e. The summed E-state index contributed by atoms with van der Waals surface area (Å²) in [6.07, 6.45) is 5.87. The van der Waals surface area contributed by atoms with Crippen molar-refractivity contribution in [1.29, 1.82) is 0 Å². The number of imidazole rings is 1. The molecule has 0 aliphatic rings. The molecule has 244 valence electrons. The van der Waals surface area contributed by atoms with Gasteiger partial charge in [-0.25, -0.2) is 9.97 Å². The van der Waals surface area contributed by atoms with E-state index in [0.717, 1.165) is 58.4 Å². The molecule has 0 fully saturated rings. The van der Waals surface area contributed by atoms with Crippen LogP contribution in [0.5, 0.6) is 0 Å². The summed E-state index contributed by atoms with van der Waals surface area (Å²) in [5.74, 6) is 1.60. The number of para-hydroxylation sites is 1. The van der Waals surface area contributed by atoms with Gasteiger partial charge in [-0.1, -0.05) is 157 Å². The van der Waals surface area contributed by atoms with Crippen molar-refractivity contribution in [2.45, 2.75) is 35.8 Å². The number of aryl methyl sites for hydroxylation is 1. The van der Waals surface area contributed by atoms with Gasteiger partial charge >= 0.3 is 0 Å². The minimum Gasteiger partial charge on any atom is -0.319 e. The van der Waals surface area contributed by atoms with E-state index in [1.54, 1.807) is 11.8 Å². The molecule has 3 aromatic heterocycles. The summed E-state index contributed by atoms with van der Waals surface area (Å²) in [7, 11) is 0. The molecule has 0 atom stereocenters. The summed E-state index contributed by atoms with van der Waals surface area (Å²) < 4.78 is 4.51. The molecule has 7 heteroatoms. The number of rotatable bonds is 12. The topological polar surface area (TPSA) is 61.4 Å². The van der Waals surface area contributed by atoms with Gasteiger partial charge in [0.15, 0.2) is 11.0 Å². The van der Waals surface area contributed by atoms with Gasteiger partial charge in [-0.2, -0.15) is 0 Å². The van der Waals surface area contributed by atoms with Gasteiger partial charge in [0.1, 0.15) is 11.2 Å². The van der Waals surface area contributed by atoms with Gasteiger partial charge in [-0.3, -0.25) is 0 Å². The zero-order valence-corrected chi connectivity index (χ0v) is 28.4. The number of aromatic nitrogens is 6. The van der Waals surface area contributed by atoms with Crippen molar-refractivity contribution < 1.29 is 0 Å². The summed E-state index contributed by atoms with van der Waals surface area (Å²) in [5, 5.41) is 11.3. The van der Waals surface area contributed by atoms with Gasteiger partial charge in [0.05, 0.1) is 17.5 Å². The molecule has 0 amide bonds. The fourth-order valence-corrected chi connectivity index (χ4v) is 7.70. The molecule has 0 unspecified atom stereocenters. The highest BCUT2D eigenvalue weighted by Gasteiger charge is 2.38.